The SMILES string of the molecule is CCC1CCNC(C(=O)NCCCCO)C1. The molecule has 1 rings (SSSR count). The van der Waals surface area contributed by atoms with Gasteiger partial charge in [0.05, 0.1) is 6.04 Å². The zero-order valence-corrected chi connectivity index (χ0v) is 10.2. The van der Waals surface area contributed by atoms with Crippen molar-refractivity contribution in [1.29, 1.82) is 0 Å². The van der Waals surface area contributed by atoms with Crippen molar-refractivity contribution in [3.63, 3.8) is 0 Å². The molecule has 1 aliphatic heterocycles. The van der Waals surface area contributed by atoms with E-state index in [4.69, 9.17) is 5.11 Å². The molecule has 2 atom stereocenters. The number of hydrogen-bond acceptors (Lipinski definition) is 3. The second-order valence-corrected chi connectivity index (χ2v) is 4.53. The average molecular weight is 228 g/mol. The van der Waals surface area contributed by atoms with Gasteiger partial charge in [0, 0.05) is 13.2 Å². The van der Waals surface area contributed by atoms with Gasteiger partial charge in [-0.1, -0.05) is 13.3 Å². The van der Waals surface area contributed by atoms with E-state index >= 15 is 0 Å². The van der Waals surface area contributed by atoms with Gasteiger partial charge >= 0.3 is 0 Å². The first-order chi connectivity index (χ1) is 7.77. The zero-order chi connectivity index (χ0) is 11.8. The summed E-state index contributed by atoms with van der Waals surface area (Å²) < 4.78 is 0. The maximum atomic E-state index is 11.8. The van der Waals surface area contributed by atoms with Gasteiger partial charge < -0.3 is 15.7 Å². The number of carbonyl (C=O) groups is 1. The van der Waals surface area contributed by atoms with Crippen LogP contribution in [0.3, 0.4) is 0 Å². The number of nitrogens with one attached hydrogen (secondary N) is 2. The molecule has 1 amide bonds. The summed E-state index contributed by atoms with van der Waals surface area (Å²) in [5.74, 6) is 0.811. The summed E-state index contributed by atoms with van der Waals surface area (Å²) in [4.78, 5) is 11.8. The van der Waals surface area contributed by atoms with Crippen molar-refractivity contribution in [3.05, 3.63) is 0 Å². The molecule has 4 heteroatoms. The van der Waals surface area contributed by atoms with E-state index in [0.717, 1.165) is 32.2 Å². The minimum Gasteiger partial charge on any atom is -0.396 e. The van der Waals surface area contributed by atoms with Crippen LogP contribution in [-0.2, 0) is 4.79 Å². The van der Waals surface area contributed by atoms with E-state index in [-0.39, 0.29) is 18.6 Å². The van der Waals surface area contributed by atoms with Crippen molar-refractivity contribution in [2.45, 2.75) is 45.1 Å². The van der Waals surface area contributed by atoms with Gasteiger partial charge in [-0.15, -0.1) is 0 Å². The first-order valence-corrected chi connectivity index (χ1v) is 6.39. The number of piperidine rings is 1. The maximum absolute atomic E-state index is 11.8. The Balaban J connectivity index is 2.19. The molecule has 1 heterocycles. The number of aliphatic hydroxyl groups is 1. The Hall–Kier alpha value is -0.610. The summed E-state index contributed by atoms with van der Waals surface area (Å²) >= 11 is 0. The predicted octanol–water partition coefficient (Wildman–Crippen LogP) is 0.653. The molecule has 2 unspecified atom stereocenters. The molecular weight excluding hydrogens is 204 g/mol. The molecule has 0 radical (unpaired) electrons. The van der Waals surface area contributed by atoms with Gasteiger partial charge in [-0.3, -0.25) is 4.79 Å². The van der Waals surface area contributed by atoms with E-state index in [1.165, 1.54) is 6.42 Å². The van der Waals surface area contributed by atoms with Gasteiger partial charge in [0.1, 0.15) is 0 Å². The van der Waals surface area contributed by atoms with Crippen molar-refractivity contribution in [2.24, 2.45) is 5.92 Å². The monoisotopic (exact) mass is 228 g/mol. The minimum absolute atomic E-state index is 0.00664. The number of rotatable bonds is 6. The van der Waals surface area contributed by atoms with Gasteiger partial charge in [0.15, 0.2) is 0 Å². The third-order valence-electron chi connectivity index (χ3n) is 3.29. The molecule has 1 fully saturated rings. The molecular formula is C12H24N2O2. The van der Waals surface area contributed by atoms with E-state index < -0.39 is 0 Å². The van der Waals surface area contributed by atoms with Gasteiger partial charge in [-0.05, 0) is 38.1 Å². The van der Waals surface area contributed by atoms with Crippen LogP contribution in [-0.4, -0.2) is 36.8 Å². The Morgan fingerprint density at radius 1 is 1.50 bits per heavy atom. The molecule has 4 nitrogen and oxygen atoms in total. The number of hydrogen-bond donors (Lipinski definition) is 3. The van der Waals surface area contributed by atoms with E-state index in [1.54, 1.807) is 0 Å². The van der Waals surface area contributed by atoms with E-state index in [9.17, 15) is 4.79 Å². The van der Waals surface area contributed by atoms with Crippen molar-refractivity contribution >= 4 is 5.91 Å². The molecule has 0 saturated carbocycles. The highest BCUT2D eigenvalue weighted by Gasteiger charge is 2.25. The lowest BCUT2D eigenvalue weighted by atomic mass is 9.90. The fourth-order valence-corrected chi connectivity index (χ4v) is 2.14. The molecule has 0 aromatic carbocycles. The second kappa shape index (κ2) is 7.63. The van der Waals surface area contributed by atoms with Crippen molar-refractivity contribution < 1.29 is 9.90 Å². The maximum Gasteiger partial charge on any atom is 0.237 e. The van der Waals surface area contributed by atoms with Crippen LogP contribution in [0.15, 0.2) is 0 Å². The summed E-state index contributed by atoms with van der Waals surface area (Å²) in [5, 5.41) is 14.8. The highest BCUT2D eigenvalue weighted by molar-refractivity contribution is 5.81. The number of amides is 1. The summed E-state index contributed by atoms with van der Waals surface area (Å²) in [7, 11) is 0. The summed E-state index contributed by atoms with van der Waals surface area (Å²) in [5.41, 5.74) is 0. The fourth-order valence-electron chi connectivity index (χ4n) is 2.14. The van der Waals surface area contributed by atoms with Crippen molar-refractivity contribution in [3.8, 4) is 0 Å². The molecule has 0 aromatic rings. The van der Waals surface area contributed by atoms with E-state index in [1.807, 2.05) is 0 Å². The topological polar surface area (TPSA) is 61.4 Å². The molecule has 3 N–H and O–H groups in total. The lowest BCUT2D eigenvalue weighted by molar-refractivity contribution is -0.124. The minimum atomic E-state index is -0.00664. The van der Waals surface area contributed by atoms with Crippen LogP contribution in [0.5, 0.6) is 0 Å². The Morgan fingerprint density at radius 2 is 2.31 bits per heavy atom. The van der Waals surface area contributed by atoms with Crippen LogP contribution < -0.4 is 10.6 Å². The molecule has 0 aromatic heterocycles. The van der Waals surface area contributed by atoms with E-state index in [2.05, 4.69) is 17.6 Å². The van der Waals surface area contributed by atoms with Gasteiger partial charge in [0.2, 0.25) is 5.91 Å². The molecule has 1 aliphatic rings. The van der Waals surface area contributed by atoms with Crippen LogP contribution in [0.1, 0.15) is 39.0 Å². The Kier molecular flexibility index (Phi) is 6.42. The van der Waals surface area contributed by atoms with Crippen LogP contribution in [0.25, 0.3) is 0 Å². The van der Waals surface area contributed by atoms with Gasteiger partial charge in [0.25, 0.3) is 0 Å². The zero-order valence-electron chi connectivity index (χ0n) is 10.2. The van der Waals surface area contributed by atoms with Crippen molar-refractivity contribution in [1.82, 2.24) is 10.6 Å². The molecule has 0 spiro atoms. The lowest BCUT2D eigenvalue weighted by Crippen LogP contribution is -2.48. The third-order valence-corrected chi connectivity index (χ3v) is 3.29. The van der Waals surface area contributed by atoms with E-state index in [0.29, 0.717) is 12.5 Å². The molecule has 94 valence electrons. The molecule has 0 aliphatic carbocycles. The molecule has 1 saturated heterocycles. The van der Waals surface area contributed by atoms with Crippen LogP contribution >= 0.6 is 0 Å². The smallest absolute Gasteiger partial charge is 0.237 e. The second-order valence-electron chi connectivity index (χ2n) is 4.53. The quantitative estimate of drug-likeness (QED) is 0.585. The first kappa shape index (κ1) is 13.5. The Bertz CT molecular complexity index is 209. The third kappa shape index (κ3) is 4.49. The first-order valence-electron chi connectivity index (χ1n) is 6.39. The summed E-state index contributed by atoms with van der Waals surface area (Å²) in [6, 6.07) is -0.00664. The average Bonchev–Trinajstić information content (AvgIpc) is 2.34. The highest BCUT2D eigenvalue weighted by Crippen LogP contribution is 2.19. The number of carbonyl (C=O) groups excluding carboxylic acids is 1. The van der Waals surface area contributed by atoms with Crippen LogP contribution in [0.4, 0.5) is 0 Å². The standard InChI is InChI=1S/C12H24N2O2/c1-2-10-5-7-13-11(9-10)12(16)14-6-3-4-8-15/h10-11,13,15H,2-9H2,1H3,(H,14,16). The summed E-state index contributed by atoms with van der Waals surface area (Å²) in [6.07, 6.45) is 4.92. The molecule has 0 bridgehead atoms. The van der Waals surface area contributed by atoms with Crippen LogP contribution in [0.2, 0.25) is 0 Å². The largest absolute Gasteiger partial charge is 0.396 e. The number of unbranched alkanes of at least 4 members (excludes halogenated alkanes) is 1. The van der Waals surface area contributed by atoms with Gasteiger partial charge in [-0.2, -0.15) is 0 Å². The van der Waals surface area contributed by atoms with Gasteiger partial charge in [-0.25, -0.2) is 0 Å². The normalized spacial score (nSPS) is 25.4. The van der Waals surface area contributed by atoms with Crippen LogP contribution in [0, 0.1) is 5.92 Å². The Morgan fingerprint density at radius 3 is 3.00 bits per heavy atom. The van der Waals surface area contributed by atoms with Crippen molar-refractivity contribution in [2.75, 3.05) is 19.7 Å². The predicted molar refractivity (Wildman–Crippen MR) is 64.1 cm³/mol. The Labute approximate surface area is 97.8 Å². The lowest BCUT2D eigenvalue weighted by Gasteiger charge is -2.28. The summed E-state index contributed by atoms with van der Waals surface area (Å²) in [6.45, 7) is 4.02. The highest BCUT2D eigenvalue weighted by atomic mass is 16.2. The molecule has 16 heavy (non-hydrogen) atoms. The fraction of sp³-hybridized carbons (Fsp3) is 0.917. The number of aliphatic hydroxyl groups excluding tert-OH is 1.